The third kappa shape index (κ3) is 3.42. The van der Waals surface area contributed by atoms with Crippen molar-refractivity contribution in [3.63, 3.8) is 0 Å². The summed E-state index contributed by atoms with van der Waals surface area (Å²) in [5.74, 6) is 0.390. The van der Waals surface area contributed by atoms with Gasteiger partial charge in [0.2, 0.25) is 0 Å². The summed E-state index contributed by atoms with van der Waals surface area (Å²) in [4.78, 5) is 0. The monoisotopic (exact) mass is 393 g/mol. The van der Waals surface area contributed by atoms with Gasteiger partial charge in [-0.2, -0.15) is 0 Å². The van der Waals surface area contributed by atoms with Crippen LogP contribution in [0, 0.1) is 46.3 Å². The van der Waals surface area contributed by atoms with Crippen molar-refractivity contribution in [1.82, 2.24) is 0 Å². The Kier molecular flexibility index (Phi) is 3.85. The summed E-state index contributed by atoms with van der Waals surface area (Å²) in [6.07, 6.45) is 12.5. The normalized spacial score (nSPS) is 51.5. The molecule has 1 N–H and O–H groups in total. The summed E-state index contributed by atoms with van der Waals surface area (Å²) in [5.41, 5.74) is 2.25. The fourth-order valence-electron chi connectivity index (χ4n) is 8.27. The Morgan fingerprint density at radius 1 is 1.11 bits per heavy atom. The number of aliphatic hydroxyl groups excluding tert-OH is 1. The average molecular weight is 394 g/mol. The van der Waals surface area contributed by atoms with E-state index in [1.54, 1.807) is 5.57 Å². The smallest absolute Gasteiger partial charge is 0.0543 e. The molecule has 0 aliphatic heterocycles. The number of hydrogen-bond acceptors (Lipinski definition) is 1. The van der Waals surface area contributed by atoms with E-state index in [0.29, 0.717) is 41.4 Å². The van der Waals surface area contributed by atoms with E-state index in [1.807, 2.05) is 0 Å². The molecule has 4 rings (SSSR count). The van der Waals surface area contributed by atoms with Crippen LogP contribution in [0.1, 0.15) is 115 Å². The maximum absolute atomic E-state index is 10.3. The number of fused-ring (bicyclic) bond motifs is 5. The van der Waals surface area contributed by atoms with Crippen molar-refractivity contribution in [2.45, 2.75) is 111 Å². The lowest BCUT2D eigenvalue weighted by molar-refractivity contribution is -0.0427. The van der Waals surface area contributed by atoms with Gasteiger partial charge >= 0.3 is 0 Å². The van der Waals surface area contributed by atoms with Gasteiger partial charge in [-0.1, -0.05) is 65.4 Å². The van der Waals surface area contributed by atoms with Crippen molar-refractivity contribution in [2.75, 3.05) is 0 Å². The van der Waals surface area contributed by atoms with Crippen molar-refractivity contribution in [2.24, 2.45) is 46.3 Å². The third-order valence-corrected chi connectivity index (χ3v) is 9.90. The Morgan fingerprint density at radius 2 is 1.86 bits per heavy atom. The molecule has 160 valence electrons. The van der Waals surface area contributed by atoms with Gasteiger partial charge in [0.15, 0.2) is 0 Å². The first-order valence-corrected chi connectivity index (χ1v) is 11.9. The van der Waals surface area contributed by atoms with E-state index < -0.39 is 19.6 Å². The second-order valence-electron chi connectivity index (χ2n) is 11.3. The van der Waals surface area contributed by atoms with Crippen LogP contribution in [0.4, 0.5) is 0 Å². The van der Waals surface area contributed by atoms with Gasteiger partial charge in [0.25, 0.3) is 0 Å². The zero-order valence-electron chi connectivity index (χ0n) is 25.3. The minimum Gasteiger partial charge on any atom is -0.393 e. The Hall–Kier alpha value is -0.300. The molecule has 4 aliphatic carbocycles. The van der Waals surface area contributed by atoms with Crippen molar-refractivity contribution in [3.8, 4) is 0 Å². The summed E-state index contributed by atoms with van der Waals surface area (Å²) in [6, 6.07) is 0. The zero-order valence-corrected chi connectivity index (χ0v) is 18.3. The second-order valence-corrected chi connectivity index (χ2v) is 11.3. The average Bonchev–Trinajstić information content (AvgIpc) is 3.09. The molecule has 0 spiro atoms. The fraction of sp³-hybridized carbons (Fsp3) is 0.926. The summed E-state index contributed by atoms with van der Waals surface area (Å²) in [5, 5.41) is 10.3. The highest BCUT2D eigenvalue weighted by atomic mass is 16.3. The quantitative estimate of drug-likeness (QED) is 0.483. The highest BCUT2D eigenvalue weighted by Gasteiger charge is 2.58. The third-order valence-electron chi connectivity index (χ3n) is 9.90. The first-order chi connectivity index (χ1) is 16.0. The Labute approximate surface area is 184 Å². The fourth-order valence-corrected chi connectivity index (χ4v) is 8.27. The van der Waals surface area contributed by atoms with Crippen molar-refractivity contribution in [1.29, 1.82) is 0 Å². The molecule has 0 saturated heterocycles. The van der Waals surface area contributed by atoms with Crippen LogP contribution in [-0.2, 0) is 0 Å². The molecule has 0 amide bonds. The standard InChI is InChI=1S/C27H46O/c1-18(2)7-6-8-19(3)23-11-12-24-22-10-9-20-17-21(28)13-15-26(20,4)25(22)14-16-27(23,24)5/h10,18-21,23-25,28H,6-9,11-17H2,1-5H3/t19-,20+,21+,23-,24+,25+,26+,27-/m1/s1/i1D3,2D3,18D. The molecule has 0 heterocycles. The van der Waals surface area contributed by atoms with Crippen molar-refractivity contribution in [3.05, 3.63) is 11.6 Å². The van der Waals surface area contributed by atoms with Crippen LogP contribution in [0.3, 0.4) is 0 Å². The molecule has 8 atom stereocenters. The lowest BCUT2D eigenvalue weighted by Gasteiger charge is -2.57. The molecule has 28 heavy (non-hydrogen) atoms. The molecule has 0 bridgehead atoms. The van der Waals surface area contributed by atoms with Gasteiger partial charge in [-0.15, -0.1) is 0 Å². The Bertz CT molecular complexity index is 803. The molecule has 0 aromatic carbocycles. The van der Waals surface area contributed by atoms with Gasteiger partial charge in [0.1, 0.15) is 0 Å². The minimum atomic E-state index is -2.82. The lowest BCUT2D eigenvalue weighted by atomic mass is 9.47. The van der Waals surface area contributed by atoms with Gasteiger partial charge in [-0.05, 0) is 97.7 Å². The number of aliphatic hydroxyl groups is 1. The van der Waals surface area contributed by atoms with Crippen LogP contribution >= 0.6 is 0 Å². The van der Waals surface area contributed by atoms with E-state index in [-0.39, 0.29) is 17.9 Å². The maximum atomic E-state index is 10.3. The molecule has 4 aliphatic rings. The van der Waals surface area contributed by atoms with Gasteiger partial charge in [0, 0.05) is 9.60 Å². The van der Waals surface area contributed by atoms with Crippen LogP contribution < -0.4 is 0 Å². The molecule has 1 heteroatoms. The number of hydrogen-bond donors (Lipinski definition) is 1. The maximum Gasteiger partial charge on any atom is 0.0543 e. The summed E-state index contributed by atoms with van der Waals surface area (Å²) >= 11 is 0. The highest BCUT2D eigenvalue weighted by Crippen LogP contribution is 2.66. The predicted octanol–water partition coefficient (Wildman–Crippen LogP) is 7.39. The van der Waals surface area contributed by atoms with Gasteiger partial charge in [-0.25, -0.2) is 0 Å². The first kappa shape index (κ1) is 13.9. The lowest BCUT2D eigenvalue weighted by Crippen LogP contribution is -2.49. The molecule has 3 fully saturated rings. The van der Waals surface area contributed by atoms with E-state index in [4.69, 9.17) is 9.60 Å². The molecule has 1 nitrogen and oxygen atoms in total. The van der Waals surface area contributed by atoms with Gasteiger partial charge in [0.05, 0.1) is 6.10 Å². The van der Waals surface area contributed by atoms with Crippen LogP contribution in [0.2, 0.25) is 0 Å². The van der Waals surface area contributed by atoms with Crippen LogP contribution in [0.25, 0.3) is 0 Å². The summed E-state index contributed by atoms with van der Waals surface area (Å²) in [7, 11) is 0. The predicted molar refractivity (Wildman–Crippen MR) is 119 cm³/mol. The van der Waals surface area contributed by atoms with Crippen LogP contribution in [0.15, 0.2) is 11.6 Å². The van der Waals surface area contributed by atoms with Gasteiger partial charge < -0.3 is 5.11 Å². The van der Waals surface area contributed by atoms with Crippen molar-refractivity contribution < 1.29 is 14.7 Å². The molecule has 0 aromatic rings. The minimum absolute atomic E-state index is 0.115. The van der Waals surface area contributed by atoms with Crippen LogP contribution in [0.5, 0.6) is 0 Å². The van der Waals surface area contributed by atoms with Crippen molar-refractivity contribution >= 4 is 0 Å². The number of rotatable bonds is 5. The van der Waals surface area contributed by atoms with Gasteiger partial charge in [-0.3, -0.25) is 0 Å². The van der Waals surface area contributed by atoms with Crippen LogP contribution in [-0.4, -0.2) is 11.2 Å². The van der Waals surface area contributed by atoms with E-state index in [1.165, 1.54) is 25.7 Å². The molecule has 3 saturated carbocycles. The molecular weight excluding hydrogens is 340 g/mol. The second kappa shape index (κ2) is 7.75. The number of allylic oxidation sites excluding steroid dienone is 2. The van der Waals surface area contributed by atoms with E-state index in [9.17, 15) is 5.11 Å². The highest BCUT2D eigenvalue weighted by molar-refractivity contribution is 5.27. The largest absolute Gasteiger partial charge is 0.393 e. The molecule has 0 aromatic heterocycles. The zero-order chi connectivity index (χ0) is 26.0. The summed E-state index contributed by atoms with van der Waals surface area (Å²) in [6.45, 7) is 1.58. The van der Waals surface area contributed by atoms with E-state index in [2.05, 4.69) is 26.8 Å². The van der Waals surface area contributed by atoms with E-state index in [0.717, 1.165) is 32.1 Å². The first-order valence-electron chi connectivity index (χ1n) is 15.4. The Morgan fingerprint density at radius 3 is 2.64 bits per heavy atom. The summed E-state index contributed by atoms with van der Waals surface area (Å²) < 4.78 is 54.5. The molecule has 0 unspecified atom stereocenters. The topological polar surface area (TPSA) is 20.2 Å². The van der Waals surface area contributed by atoms with E-state index >= 15 is 0 Å². The Balaban J connectivity index is 1.44. The SMILES string of the molecule is [2H]C([2H])([2H])C([2H])(CCC[C@@H](C)[C@H]1CC[C@H]2C3=CC[C@H]4C[C@@H](O)CC[C@]4(C)[C@H]3CC[C@]12C)C([2H])([2H])[2H]. The molecular formula is C27H46O. The molecule has 0 radical (unpaired) electrons.